The summed E-state index contributed by atoms with van der Waals surface area (Å²) < 4.78 is 0. The molecule has 0 spiro atoms. The molecule has 1 amide bonds. The fourth-order valence-corrected chi connectivity index (χ4v) is 4.21. The zero-order valence-corrected chi connectivity index (χ0v) is 12.2. The van der Waals surface area contributed by atoms with Gasteiger partial charge in [-0.05, 0) is 38.0 Å². The number of carbonyl (C=O) groups is 1. The summed E-state index contributed by atoms with van der Waals surface area (Å²) in [6, 6.07) is 0. The average molecular weight is 279 g/mol. The lowest BCUT2D eigenvalue weighted by Gasteiger charge is -2.21. The molecule has 3 N–H and O–H groups in total. The van der Waals surface area contributed by atoms with Gasteiger partial charge in [-0.3, -0.25) is 4.79 Å². The third-order valence-electron chi connectivity index (χ3n) is 4.35. The van der Waals surface area contributed by atoms with Crippen LogP contribution in [0.5, 0.6) is 0 Å². The van der Waals surface area contributed by atoms with Crippen LogP contribution >= 0.6 is 11.3 Å². The molecule has 104 valence electrons. The quantitative estimate of drug-likeness (QED) is 0.874. The van der Waals surface area contributed by atoms with Gasteiger partial charge in [-0.15, -0.1) is 11.3 Å². The van der Waals surface area contributed by atoms with Crippen molar-refractivity contribution in [3.05, 3.63) is 10.6 Å². The molecule has 2 aliphatic rings. The van der Waals surface area contributed by atoms with E-state index in [1.807, 2.05) is 0 Å². The van der Waals surface area contributed by atoms with Crippen molar-refractivity contribution in [2.24, 2.45) is 11.7 Å². The maximum Gasteiger partial charge on any atom is 0.246 e. The van der Waals surface area contributed by atoms with Gasteiger partial charge in [0.25, 0.3) is 0 Å². The fraction of sp³-hybridized carbons (Fsp3) is 0.714. The predicted octanol–water partition coefficient (Wildman–Crippen LogP) is 2.48. The molecule has 1 atom stereocenters. The molecular weight excluding hydrogens is 258 g/mol. The molecular formula is C14H21N3OS. The van der Waals surface area contributed by atoms with Crippen LogP contribution in [-0.4, -0.2) is 16.4 Å². The first kappa shape index (κ1) is 13.1. The van der Waals surface area contributed by atoms with Gasteiger partial charge in [0, 0.05) is 4.88 Å². The number of hydrogen-bond donors (Lipinski definition) is 2. The highest BCUT2D eigenvalue weighted by molar-refractivity contribution is 7.15. The third kappa shape index (κ3) is 2.54. The van der Waals surface area contributed by atoms with Gasteiger partial charge < -0.3 is 11.1 Å². The molecule has 1 saturated carbocycles. The van der Waals surface area contributed by atoms with Crippen molar-refractivity contribution >= 4 is 22.4 Å². The highest BCUT2D eigenvalue weighted by atomic mass is 32.1. The number of carbonyl (C=O) groups excluding carboxylic acids is 1. The Morgan fingerprint density at radius 2 is 2.21 bits per heavy atom. The number of amides is 1. The Labute approximate surface area is 117 Å². The van der Waals surface area contributed by atoms with Gasteiger partial charge in [0.15, 0.2) is 5.13 Å². The summed E-state index contributed by atoms with van der Waals surface area (Å²) in [6.07, 6.45) is 7.02. The van der Waals surface area contributed by atoms with E-state index in [0.717, 1.165) is 49.6 Å². The minimum absolute atomic E-state index is 0.0517. The minimum atomic E-state index is -0.667. The van der Waals surface area contributed by atoms with E-state index in [1.54, 1.807) is 11.3 Å². The topological polar surface area (TPSA) is 68.0 Å². The van der Waals surface area contributed by atoms with E-state index in [9.17, 15) is 4.79 Å². The number of nitrogens with zero attached hydrogens (tertiary/aromatic N) is 1. The summed E-state index contributed by atoms with van der Waals surface area (Å²) in [6.45, 7) is 2.27. The van der Waals surface area contributed by atoms with Crippen LogP contribution in [0.1, 0.15) is 49.6 Å². The van der Waals surface area contributed by atoms with Crippen molar-refractivity contribution in [1.82, 2.24) is 4.98 Å². The van der Waals surface area contributed by atoms with Gasteiger partial charge >= 0.3 is 0 Å². The molecule has 0 radical (unpaired) electrons. The summed E-state index contributed by atoms with van der Waals surface area (Å²) in [5.74, 6) is 0.677. The van der Waals surface area contributed by atoms with Crippen LogP contribution in [0, 0.1) is 5.92 Å². The lowest BCUT2D eigenvalue weighted by molar-refractivity contribution is -0.121. The molecule has 1 aromatic rings. The molecule has 19 heavy (non-hydrogen) atoms. The second-order valence-electron chi connectivity index (χ2n) is 6.05. The maximum atomic E-state index is 12.2. The highest BCUT2D eigenvalue weighted by Crippen LogP contribution is 2.33. The van der Waals surface area contributed by atoms with Gasteiger partial charge in [-0.2, -0.15) is 0 Å². The van der Waals surface area contributed by atoms with Crippen LogP contribution in [0.2, 0.25) is 0 Å². The van der Waals surface area contributed by atoms with E-state index >= 15 is 0 Å². The molecule has 0 bridgehead atoms. The zero-order valence-electron chi connectivity index (χ0n) is 11.4. The Balaban J connectivity index is 1.72. The standard InChI is InChI=1S/C14H21N3OS/c1-9-4-5-10-11(8-9)19-13(16-10)17-12(18)14(15)6-2-3-7-14/h9H,2-8,15H2,1H3,(H,16,17,18). The van der Waals surface area contributed by atoms with Gasteiger partial charge in [0.2, 0.25) is 5.91 Å². The van der Waals surface area contributed by atoms with E-state index in [4.69, 9.17) is 5.73 Å². The Hall–Kier alpha value is -0.940. The van der Waals surface area contributed by atoms with Crippen molar-refractivity contribution in [3.63, 3.8) is 0 Å². The normalized spacial score (nSPS) is 25.1. The second-order valence-corrected chi connectivity index (χ2v) is 7.14. The van der Waals surface area contributed by atoms with Crippen LogP contribution in [0.4, 0.5) is 5.13 Å². The number of anilines is 1. The Morgan fingerprint density at radius 3 is 2.95 bits per heavy atom. The first-order chi connectivity index (χ1) is 9.07. The van der Waals surface area contributed by atoms with Crippen LogP contribution in [0.15, 0.2) is 0 Å². The lowest BCUT2D eigenvalue weighted by Crippen LogP contribution is -2.48. The third-order valence-corrected chi connectivity index (χ3v) is 5.39. The lowest BCUT2D eigenvalue weighted by atomic mass is 9.93. The molecule has 2 aliphatic carbocycles. The summed E-state index contributed by atoms with van der Waals surface area (Å²) in [4.78, 5) is 18.1. The number of aromatic nitrogens is 1. The Kier molecular flexibility index (Phi) is 3.35. The molecule has 0 aliphatic heterocycles. The first-order valence-corrected chi connectivity index (χ1v) is 7.97. The monoisotopic (exact) mass is 279 g/mol. The van der Waals surface area contributed by atoms with Gasteiger partial charge in [-0.1, -0.05) is 19.8 Å². The van der Waals surface area contributed by atoms with E-state index in [0.29, 0.717) is 0 Å². The molecule has 1 heterocycles. The maximum absolute atomic E-state index is 12.2. The minimum Gasteiger partial charge on any atom is -0.317 e. The number of rotatable bonds is 2. The van der Waals surface area contributed by atoms with Crippen LogP contribution in [-0.2, 0) is 17.6 Å². The number of aryl methyl sites for hydroxylation is 1. The molecule has 1 aromatic heterocycles. The number of fused-ring (bicyclic) bond motifs is 1. The molecule has 0 aromatic carbocycles. The second kappa shape index (κ2) is 4.87. The largest absolute Gasteiger partial charge is 0.317 e. The van der Waals surface area contributed by atoms with Crippen LogP contribution in [0.3, 0.4) is 0 Å². The highest BCUT2D eigenvalue weighted by Gasteiger charge is 2.37. The van der Waals surface area contributed by atoms with E-state index in [-0.39, 0.29) is 5.91 Å². The molecule has 0 saturated heterocycles. The summed E-state index contributed by atoms with van der Waals surface area (Å²) in [7, 11) is 0. The number of thiazole rings is 1. The van der Waals surface area contributed by atoms with Crippen molar-refractivity contribution in [1.29, 1.82) is 0 Å². The predicted molar refractivity (Wildman–Crippen MR) is 77.3 cm³/mol. The van der Waals surface area contributed by atoms with Crippen LogP contribution in [0.25, 0.3) is 0 Å². The zero-order chi connectivity index (χ0) is 13.5. The molecule has 1 unspecified atom stereocenters. The SMILES string of the molecule is CC1CCc2nc(NC(=O)C3(N)CCCC3)sc2C1. The number of nitrogens with one attached hydrogen (secondary N) is 1. The smallest absolute Gasteiger partial charge is 0.246 e. The average Bonchev–Trinajstić information content (AvgIpc) is 2.95. The van der Waals surface area contributed by atoms with E-state index in [2.05, 4.69) is 17.2 Å². The molecule has 5 heteroatoms. The Bertz CT molecular complexity index is 491. The summed E-state index contributed by atoms with van der Waals surface area (Å²) in [5.41, 5.74) is 6.67. The first-order valence-electron chi connectivity index (χ1n) is 7.16. The summed E-state index contributed by atoms with van der Waals surface area (Å²) in [5, 5.41) is 3.68. The van der Waals surface area contributed by atoms with Crippen molar-refractivity contribution in [2.45, 2.75) is 57.4 Å². The van der Waals surface area contributed by atoms with Gasteiger partial charge in [0.05, 0.1) is 11.2 Å². The van der Waals surface area contributed by atoms with Crippen molar-refractivity contribution < 1.29 is 4.79 Å². The van der Waals surface area contributed by atoms with Crippen molar-refractivity contribution in [3.8, 4) is 0 Å². The van der Waals surface area contributed by atoms with E-state index in [1.165, 1.54) is 17.0 Å². The fourth-order valence-electron chi connectivity index (χ4n) is 3.05. The Morgan fingerprint density at radius 1 is 1.47 bits per heavy atom. The molecule has 4 nitrogen and oxygen atoms in total. The van der Waals surface area contributed by atoms with Gasteiger partial charge in [-0.25, -0.2) is 4.98 Å². The number of nitrogens with two attached hydrogens (primary N) is 1. The molecule has 1 fully saturated rings. The van der Waals surface area contributed by atoms with Crippen LogP contribution < -0.4 is 11.1 Å². The summed E-state index contributed by atoms with van der Waals surface area (Å²) >= 11 is 1.63. The van der Waals surface area contributed by atoms with Gasteiger partial charge in [0.1, 0.15) is 0 Å². The number of hydrogen-bond acceptors (Lipinski definition) is 4. The molecule has 3 rings (SSSR count). The van der Waals surface area contributed by atoms with Crippen molar-refractivity contribution in [2.75, 3.05) is 5.32 Å². The van der Waals surface area contributed by atoms with E-state index < -0.39 is 5.54 Å².